The van der Waals surface area contributed by atoms with Crippen molar-refractivity contribution in [3.63, 3.8) is 0 Å². The van der Waals surface area contributed by atoms with Gasteiger partial charge in [-0.3, -0.25) is 10.2 Å². The Labute approximate surface area is 235 Å². The first-order valence-electron chi connectivity index (χ1n) is 12.3. The summed E-state index contributed by atoms with van der Waals surface area (Å²) >= 11 is 1.21. The van der Waals surface area contributed by atoms with Crippen molar-refractivity contribution in [2.45, 2.75) is 0 Å². The third kappa shape index (κ3) is 6.26. The number of fused-ring (bicyclic) bond motifs is 1. The molecule has 204 valence electrons. The van der Waals surface area contributed by atoms with Gasteiger partial charge in [-0.1, -0.05) is 30.3 Å². The van der Waals surface area contributed by atoms with Crippen LogP contribution in [0.1, 0.15) is 5.56 Å². The molecule has 2 aliphatic rings. The fraction of sp³-hybridized carbons (Fsp3) is 0.172. The van der Waals surface area contributed by atoms with E-state index in [1.807, 2.05) is 48.5 Å². The van der Waals surface area contributed by atoms with Crippen LogP contribution in [0, 0.1) is 5.41 Å². The van der Waals surface area contributed by atoms with Crippen LogP contribution >= 0.6 is 11.8 Å². The van der Waals surface area contributed by atoms with E-state index in [9.17, 15) is 4.79 Å². The Kier molecular flexibility index (Phi) is 8.31. The van der Waals surface area contributed by atoms with Crippen molar-refractivity contribution < 1.29 is 28.5 Å². The van der Waals surface area contributed by atoms with Crippen LogP contribution in [-0.4, -0.2) is 61.0 Å². The molecule has 1 amide bonds. The second-order valence-corrected chi connectivity index (χ2v) is 9.44. The molecule has 0 aromatic heterocycles. The molecule has 1 N–H and O–H groups in total. The Morgan fingerprint density at radius 2 is 1.62 bits per heavy atom. The predicted octanol–water partition coefficient (Wildman–Crippen LogP) is 4.86. The van der Waals surface area contributed by atoms with Gasteiger partial charge < -0.3 is 23.7 Å². The Morgan fingerprint density at radius 1 is 0.850 bits per heavy atom. The first kappa shape index (κ1) is 26.8. The maximum absolute atomic E-state index is 12.8. The van der Waals surface area contributed by atoms with Crippen molar-refractivity contribution in [3.05, 3.63) is 83.9 Å². The van der Waals surface area contributed by atoms with Gasteiger partial charge in [-0.25, -0.2) is 0 Å². The molecule has 0 fully saturated rings. The summed E-state index contributed by atoms with van der Waals surface area (Å²) < 4.78 is 28.0. The number of carbonyl (C=O) groups is 1. The fourth-order valence-electron chi connectivity index (χ4n) is 3.81. The number of hydrogen-bond acceptors (Lipinski definition) is 9. The summed E-state index contributed by atoms with van der Waals surface area (Å²) in [5.41, 5.74) is 0.757. The van der Waals surface area contributed by atoms with Crippen LogP contribution in [-0.2, 0) is 4.79 Å². The van der Waals surface area contributed by atoms with Gasteiger partial charge in [-0.05, 0) is 59.8 Å². The van der Waals surface area contributed by atoms with E-state index in [4.69, 9.17) is 29.1 Å². The van der Waals surface area contributed by atoms with E-state index in [2.05, 4.69) is 10.1 Å². The summed E-state index contributed by atoms with van der Waals surface area (Å²) in [5, 5.41) is 15.3. The van der Waals surface area contributed by atoms with Crippen LogP contribution in [0.15, 0.2) is 88.5 Å². The smallest absolute Gasteiger partial charge is 0.283 e. The zero-order chi connectivity index (χ0) is 27.9. The van der Waals surface area contributed by atoms with Crippen molar-refractivity contribution in [2.24, 2.45) is 10.1 Å². The lowest BCUT2D eigenvalue weighted by atomic mass is 10.1. The van der Waals surface area contributed by atoms with E-state index in [-0.39, 0.29) is 24.6 Å². The highest BCUT2D eigenvalue weighted by atomic mass is 32.2. The molecule has 0 saturated carbocycles. The third-order valence-corrected chi connectivity index (χ3v) is 6.63. The molecule has 0 saturated heterocycles. The number of amidine groups is 2. The number of para-hydroxylation sites is 1. The number of aliphatic imine (C=N–C) groups is 1. The Morgan fingerprint density at radius 3 is 2.42 bits per heavy atom. The minimum absolute atomic E-state index is 0.0637. The van der Waals surface area contributed by atoms with E-state index in [0.29, 0.717) is 51.1 Å². The van der Waals surface area contributed by atoms with E-state index in [1.165, 1.54) is 23.9 Å². The molecule has 11 heteroatoms. The van der Waals surface area contributed by atoms with Crippen molar-refractivity contribution in [3.8, 4) is 28.7 Å². The zero-order valence-electron chi connectivity index (χ0n) is 21.8. The molecule has 10 nitrogen and oxygen atoms in total. The first-order chi connectivity index (χ1) is 19.5. The summed E-state index contributed by atoms with van der Waals surface area (Å²) in [6.45, 7) is 0.810. The van der Waals surface area contributed by atoms with Crippen LogP contribution < -0.4 is 23.7 Å². The summed E-state index contributed by atoms with van der Waals surface area (Å²) in [7, 11) is 3.13. The summed E-state index contributed by atoms with van der Waals surface area (Å²) in [6.07, 6.45) is 1.59. The molecule has 3 aromatic carbocycles. The lowest BCUT2D eigenvalue weighted by molar-refractivity contribution is -0.114. The summed E-state index contributed by atoms with van der Waals surface area (Å²) in [4.78, 5) is 16.9. The number of thioether (sulfide) groups is 1. The number of methoxy groups -OCH3 is 2. The third-order valence-electron chi connectivity index (χ3n) is 5.75. The van der Waals surface area contributed by atoms with E-state index < -0.39 is 5.91 Å². The molecular formula is C29H26N4O6S. The topological polar surface area (TPSA) is 115 Å². The second kappa shape index (κ2) is 12.4. The van der Waals surface area contributed by atoms with Crippen molar-refractivity contribution >= 4 is 39.8 Å². The largest absolute Gasteiger partial charge is 0.497 e. The number of hydrazone groups is 1. The molecule has 5 rings (SSSR count). The van der Waals surface area contributed by atoms with E-state index >= 15 is 0 Å². The van der Waals surface area contributed by atoms with Gasteiger partial charge in [0, 0.05) is 6.07 Å². The standard InChI is InChI=1S/C29H26N4O6S/c1-35-21-9-6-10-22(17-21)37-13-14-38-24-12-11-19(16-25(24)36-2)15-23-27(30)33-29(31-28(23)34)40-26(32-33)18-39-20-7-4-3-5-8-20/h3-12,15-17,30H,13-14,18H2,1-2H3/b23-15+,30-27?. The zero-order valence-corrected chi connectivity index (χ0v) is 22.6. The van der Waals surface area contributed by atoms with Crippen molar-refractivity contribution in [2.75, 3.05) is 34.0 Å². The number of ether oxygens (including phenoxy) is 5. The molecule has 0 atom stereocenters. The molecule has 40 heavy (non-hydrogen) atoms. The quantitative estimate of drug-likeness (QED) is 0.262. The van der Waals surface area contributed by atoms with Crippen LogP contribution in [0.25, 0.3) is 6.08 Å². The molecule has 0 bridgehead atoms. The number of nitrogens with one attached hydrogen (secondary N) is 1. The highest BCUT2D eigenvalue weighted by Gasteiger charge is 2.35. The number of amides is 1. The normalized spacial score (nSPS) is 15.3. The van der Waals surface area contributed by atoms with Gasteiger partial charge in [-0.15, -0.1) is 0 Å². The van der Waals surface area contributed by atoms with Gasteiger partial charge in [-0.2, -0.15) is 15.1 Å². The predicted molar refractivity (Wildman–Crippen MR) is 154 cm³/mol. The van der Waals surface area contributed by atoms with Gasteiger partial charge in [0.25, 0.3) is 5.91 Å². The molecule has 2 heterocycles. The molecule has 0 unspecified atom stereocenters. The summed E-state index contributed by atoms with van der Waals surface area (Å²) in [6, 6.07) is 21.9. The Bertz CT molecular complexity index is 1510. The minimum Gasteiger partial charge on any atom is -0.497 e. The lowest BCUT2D eigenvalue weighted by Gasteiger charge is -2.20. The molecule has 2 aliphatic heterocycles. The molecule has 3 aromatic rings. The van der Waals surface area contributed by atoms with Crippen molar-refractivity contribution in [1.29, 1.82) is 5.41 Å². The minimum atomic E-state index is -0.516. The van der Waals surface area contributed by atoms with E-state index in [1.54, 1.807) is 37.5 Å². The highest BCUT2D eigenvalue weighted by Crippen LogP contribution is 2.32. The van der Waals surface area contributed by atoms with Gasteiger partial charge >= 0.3 is 0 Å². The highest BCUT2D eigenvalue weighted by molar-refractivity contribution is 8.27. The van der Waals surface area contributed by atoms with Gasteiger partial charge in [0.05, 0.1) is 19.8 Å². The lowest BCUT2D eigenvalue weighted by Crippen LogP contribution is -2.35. The maximum Gasteiger partial charge on any atom is 0.283 e. The van der Waals surface area contributed by atoms with Gasteiger partial charge in [0.2, 0.25) is 5.17 Å². The van der Waals surface area contributed by atoms with Crippen LogP contribution in [0.3, 0.4) is 0 Å². The van der Waals surface area contributed by atoms with Crippen molar-refractivity contribution in [1.82, 2.24) is 5.01 Å². The van der Waals surface area contributed by atoms with Crippen LogP contribution in [0.5, 0.6) is 28.7 Å². The molecule has 0 spiro atoms. The second-order valence-electron chi connectivity index (χ2n) is 8.40. The number of benzene rings is 3. The maximum atomic E-state index is 12.8. The first-order valence-corrected chi connectivity index (χ1v) is 13.1. The van der Waals surface area contributed by atoms with Gasteiger partial charge in [0.15, 0.2) is 17.3 Å². The fourth-order valence-corrected chi connectivity index (χ4v) is 4.61. The number of carbonyl (C=O) groups excluding carboxylic acids is 1. The van der Waals surface area contributed by atoms with Gasteiger partial charge in [0.1, 0.15) is 42.1 Å². The number of hydrogen-bond donors (Lipinski definition) is 1. The van der Waals surface area contributed by atoms with Crippen LogP contribution in [0.4, 0.5) is 0 Å². The molecule has 0 aliphatic carbocycles. The number of nitrogens with zero attached hydrogens (tertiary/aromatic N) is 3. The average molecular weight is 559 g/mol. The SMILES string of the molecule is COc1cccc(OCCOc2ccc(/C=C3\C(=N)N4N=C(COc5ccccc5)SC4=NC3=O)cc2OC)c1. The molecule has 0 radical (unpaired) electrons. The van der Waals surface area contributed by atoms with E-state index in [0.717, 1.165) is 0 Å². The monoisotopic (exact) mass is 558 g/mol. The number of rotatable bonds is 11. The van der Waals surface area contributed by atoms with Crippen LogP contribution in [0.2, 0.25) is 0 Å². The Balaban J connectivity index is 1.22. The summed E-state index contributed by atoms with van der Waals surface area (Å²) in [5.74, 6) is 2.51. The Hall–Kier alpha value is -4.77. The molecular weight excluding hydrogens is 532 g/mol. The average Bonchev–Trinajstić information content (AvgIpc) is 3.40.